The van der Waals surface area contributed by atoms with Crippen molar-refractivity contribution in [3.63, 3.8) is 0 Å². The average Bonchev–Trinajstić information content (AvgIpc) is 3.28. The van der Waals surface area contributed by atoms with Crippen LogP contribution in [0, 0.1) is 0 Å². The molecule has 0 spiro atoms. The van der Waals surface area contributed by atoms with E-state index in [0.29, 0.717) is 16.8 Å². The Morgan fingerprint density at radius 3 is 2.62 bits per heavy atom. The number of carbonyl (C=O) groups excluding carboxylic acids is 2. The van der Waals surface area contributed by atoms with Gasteiger partial charge < -0.3 is 11.1 Å². The maximum Gasteiger partial charge on any atom is 0.332 e. The van der Waals surface area contributed by atoms with Gasteiger partial charge in [0.15, 0.2) is 0 Å². The molecule has 0 bridgehead atoms. The van der Waals surface area contributed by atoms with Crippen LogP contribution in [0.5, 0.6) is 0 Å². The molecule has 0 aliphatic carbocycles. The zero-order valence-electron chi connectivity index (χ0n) is 13.6. The lowest BCUT2D eigenvalue weighted by Crippen LogP contribution is -2.42. The first-order valence-corrected chi connectivity index (χ1v) is 9.51. The fourth-order valence-corrected chi connectivity index (χ4v) is 4.03. The maximum absolute atomic E-state index is 12.6. The van der Waals surface area contributed by atoms with Crippen molar-refractivity contribution in [1.82, 2.24) is 14.5 Å². The van der Waals surface area contributed by atoms with Crippen LogP contribution in [0.3, 0.4) is 0 Å². The Bertz CT molecular complexity index is 1060. The van der Waals surface area contributed by atoms with Crippen molar-refractivity contribution in [1.29, 1.82) is 0 Å². The summed E-state index contributed by atoms with van der Waals surface area (Å²) < 4.78 is 2.50. The number of rotatable bonds is 7. The Kier molecular flexibility index (Phi) is 5.33. The van der Waals surface area contributed by atoms with Crippen LogP contribution < -0.4 is 22.3 Å². The van der Waals surface area contributed by atoms with Crippen molar-refractivity contribution in [2.24, 2.45) is 5.73 Å². The molecule has 10 heteroatoms. The highest BCUT2D eigenvalue weighted by molar-refractivity contribution is 7.17. The van der Waals surface area contributed by atoms with E-state index >= 15 is 0 Å². The van der Waals surface area contributed by atoms with E-state index in [1.807, 2.05) is 17.5 Å². The van der Waals surface area contributed by atoms with Crippen LogP contribution >= 0.6 is 22.7 Å². The molecule has 2 amide bonds. The standard InChI is InChI=1S/C16H16N4O4S2/c17-12(21)9-20-11-4-7-26-14(11)15(23)19(16(20)24)5-3-13(22)18-8-10-2-1-6-25-10/h1-2,4,6-7H,3,5,8-9H2,(H2,17,21)(H,18,22). The van der Waals surface area contributed by atoms with Crippen molar-refractivity contribution in [2.45, 2.75) is 26.1 Å². The van der Waals surface area contributed by atoms with E-state index in [2.05, 4.69) is 5.32 Å². The summed E-state index contributed by atoms with van der Waals surface area (Å²) in [5, 5.41) is 6.33. The third kappa shape index (κ3) is 3.75. The van der Waals surface area contributed by atoms with Gasteiger partial charge in [0.25, 0.3) is 5.56 Å². The lowest BCUT2D eigenvalue weighted by Gasteiger charge is -2.11. The molecule has 0 aliphatic rings. The number of fused-ring (bicyclic) bond motifs is 1. The Morgan fingerprint density at radius 2 is 1.92 bits per heavy atom. The van der Waals surface area contributed by atoms with Crippen molar-refractivity contribution < 1.29 is 9.59 Å². The fourth-order valence-electron chi connectivity index (χ4n) is 2.54. The fraction of sp³-hybridized carbons (Fsp3) is 0.250. The average molecular weight is 392 g/mol. The van der Waals surface area contributed by atoms with Gasteiger partial charge >= 0.3 is 5.69 Å². The second-order valence-electron chi connectivity index (χ2n) is 5.53. The Morgan fingerprint density at radius 1 is 1.12 bits per heavy atom. The Labute approximate surface area is 155 Å². The molecule has 0 saturated carbocycles. The second kappa shape index (κ2) is 7.67. The Balaban J connectivity index is 1.81. The molecule has 0 atom stereocenters. The molecule has 0 radical (unpaired) electrons. The summed E-state index contributed by atoms with van der Waals surface area (Å²) in [6.45, 7) is 0.0126. The van der Waals surface area contributed by atoms with E-state index < -0.39 is 17.2 Å². The van der Waals surface area contributed by atoms with Crippen molar-refractivity contribution >= 4 is 44.7 Å². The zero-order valence-corrected chi connectivity index (χ0v) is 15.3. The predicted octanol–water partition coefficient (Wildman–Crippen LogP) is 0.478. The highest BCUT2D eigenvalue weighted by Gasteiger charge is 2.16. The number of hydrogen-bond acceptors (Lipinski definition) is 6. The molecule has 3 rings (SSSR count). The molecule has 136 valence electrons. The molecule has 0 fully saturated rings. The minimum Gasteiger partial charge on any atom is -0.368 e. The highest BCUT2D eigenvalue weighted by atomic mass is 32.1. The van der Waals surface area contributed by atoms with Gasteiger partial charge in [-0.1, -0.05) is 6.07 Å². The molecular formula is C16H16N4O4S2. The molecular weight excluding hydrogens is 376 g/mol. The van der Waals surface area contributed by atoms with Crippen LogP contribution in [0.1, 0.15) is 11.3 Å². The smallest absolute Gasteiger partial charge is 0.332 e. The SMILES string of the molecule is NC(=O)Cn1c(=O)n(CCC(=O)NCc2cccs2)c(=O)c2sccc21. The minimum absolute atomic E-state index is 0.0199. The van der Waals surface area contributed by atoms with E-state index in [4.69, 9.17) is 5.73 Å². The van der Waals surface area contributed by atoms with Gasteiger partial charge in [0.1, 0.15) is 11.2 Å². The third-order valence-corrected chi connectivity index (χ3v) is 5.52. The molecule has 3 N–H and O–H groups in total. The molecule has 0 aromatic carbocycles. The van der Waals surface area contributed by atoms with Gasteiger partial charge in [-0.25, -0.2) is 4.79 Å². The largest absolute Gasteiger partial charge is 0.368 e. The first kappa shape index (κ1) is 18.1. The Hall–Kier alpha value is -2.72. The molecule has 26 heavy (non-hydrogen) atoms. The lowest BCUT2D eigenvalue weighted by atomic mass is 10.3. The van der Waals surface area contributed by atoms with Crippen LogP contribution in [0.15, 0.2) is 38.5 Å². The van der Waals surface area contributed by atoms with Gasteiger partial charge in [0.2, 0.25) is 11.8 Å². The first-order chi connectivity index (χ1) is 12.5. The molecule has 0 saturated heterocycles. The van der Waals surface area contributed by atoms with Gasteiger partial charge in [-0.2, -0.15) is 0 Å². The van der Waals surface area contributed by atoms with E-state index in [1.165, 1.54) is 27.2 Å². The monoisotopic (exact) mass is 392 g/mol. The predicted molar refractivity (Wildman–Crippen MR) is 100 cm³/mol. The summed E-state index contributed by atoms with van der Waals surface area (Å²) >= 11 is 2.71. The van der Waals surface area contributed by atoms with E-state index in [0.717, 1.165) is 9.44 Å². The molecule has 3 aromatic rings. The first-order valence-electron chi connectivity index (χ1n) is 7.75. The molecule has 3 aromatic heterocycles. The van der Waals surface area contributed by atoms with Crippen LogP contribution in [-0.4, -0.2) is 20.9 Å². The summed E-state index contributed by atoms with van der Waals surface area (Å²) in [6, 6.07) is 5.40. The highest BCUT2D eigenvalue weighted by Crippen LogP contribution is 2.15. The topological polar surface area (TPSA) is 116 Å². The van der Waals surface area contributed by atoms with Gasteiger partial charge in [-0.05, 0) is 22.9 Å². The maximum atomic E-state index is 12.6. The number of aromatic nitrogens is 2. The van der Waals surface area contributed by atoms with Gasteiger partial charge in [-0.3, -0.25) is 23.5 Å². The molecule has 0 unspecified atom stereocenters. The minimum atomic E-state index is -0.682. The van der Waals surface area contributed by atoms with E-state index in [1.54, 1.807) is 11.4 Å². The molecule has 8 nitrogen and oxygen atoms in total. The van der Waals surface area contributed by atoms with Crippen LogP contribution in [0.25, 0.3) is 10.2 Å². The second-order valence-corrected chi connectivity index (χ2v) is 7.48. The van der Waals surface area contributed by atoms with Gasteiger partial charge in [-0.15, -0.1) is 22.7 Å². The molecule has 3 heterocycles. The number of nitrogens with zero attached hydrogens (tertiary/aromatic N) is 2. The van der Waals surface area contributed by atoms with Gasteiger partial charge in [0, 0.05) is 17.8 Å². The number of nitrogens with two attached hydrogens (primary N) is 1. The van der Waals surface area contributed by atoms with E-state index in [9.17, 15) is 19.2 Å². The lowest BCUT2D eigenvalue weighted by molar-refractivity contribution is -0.121. The van der Waals surface area contributed by atoms with Crippen molar-refractivity contribution in [3.8, 4) is 0 Å². The van der Waals surface area contributed by atoms with Crippen LogP contribution in [0.2, 0.25) is 0 Å². The normalized spacial score (nSPS) is 10.9. The summed E-state index contributed by atoms with van der Waals surface area (Å²) in [5.74, 6) is -0.948. The number of thiophene rings is 2. The number of nitrogens with one attached hydrogen (secondary N) is 1. The third-order valence-electron chi connectivity index (χ3n) is 3.75. The van der Waals surface area contributed by atoms with Crippen LogP contribution in [-0.2, 0) is 29.2 Å². The summed E-state index contributed by atoms with van der Waals surface area (Å²) in [5.41, 5.74) is 4.47. The zero-order chi connectivity index (χ0) is 18.7. The number of amides is 2. The summed E-state index contributed by atoms with van der Waals surface area (Å²) in [7, 11) is 0. The van der Waals surface area contributed by atoms with Crippen LogP contribution in [0.4, 0.5) is 0 Å². The van der Waals surface area contributed by atoms with Crippen molar-refractivity contribution in [3.05, 3.63) is 54.7 Å². The molecule has 0 aliphatic heterocycles. The van der Waals surface area contributed by atoms with E-state index in [-0.39, 0.29) is 25.4 Å². The number of carbonyl (C=O) groups is 2. The summed E-state index contributed by atoms with van der Waals surface area (Å²) in [6.07, 6.45) is -0.0199. The number of primary amides is 1. The quantitative estimate of drug-likeness (QED) is 0.608. The van der Waals surface area contributed by atoms with Gasteiger partial charge in [0.05, 0.1) is 12.1 Å². The number of hydrogen-bond donors (Lipinski definition) is 2. The van der Waals surface area contributed by atoms with Crippen molar-refractivity contribution in [2.75, 3.05) is 0 Å². The summed E-state index contributed by atoms with van der Waals surface area (Å²) in [4.78, 5) is 49.4.